The molecule has 3 rings (SSSR count). The topological polar surface area (TPSA) is 66.0 Å². The lowest BCUT2D eigenvalue weighted by atomic mass is 9.96. The van der Waals surface area contributed by atoms with E-state index < -0.39 is 0 Å². The van der Waals surface area contributed by atoms with E-state index in [4.69, 9.17) is 10.5 Å². The van der Waals surface area contributed by atoms with Gasteiger partial charge in [-0.05, 0) is 18.1 Å². The predicted octanol–water partition coefficient (Wildman–Crippen LogP) is 1.42. The number of aromatic nitrogens is 3. The van der Waals surface area contributed by atoms with Crippen molar-refractivity contribution < 1.29 is 4.74 Å². The number of nitrogens with two attached hydrogens (primary N) is 1. The molecule has 0 fully saturated rings. The van der Waals surface area contributed by atoms with Gasteiger partial charge in [0.25, 0.3) is 0 Å². The van der Waals surface area contributed by atoms with Crippen LogP contribution in [0.3, 0.4) is 0 Å². The second-order valence-corrected chi connectivity index (χ2v) is 5.38. The maximum atomic E-state index is 6.07. The zero-order valence-corrected chi connectivity index (χ0v) is 11.7. The molecule has 1 aliphatic heterocycles. The van der Waals surface area contributed by atoms with Crippen molar-refractivity contribution in [3.8, 4) is 5.75 Å². The van der Waals surface area contributed by atoms with Crippen LogP contribution in [0, 0.1) is 5.92 Å². The minimum Gasteiger partial charge on any atom is -0.493 e. The molecule has 106 valence electrons. The third-order valence-electron chi connectivity index (χ3n) is 3.75. The second kappa shape index (κ2) is 5.63. The average Bonchev–Trinajstić information content (AvgIpc) is 2.82. The van der Waals surface area contributed by atoms with E-state index >= 15 is 0 Å². The molecule has 5 nitrogen and oxygen atoms in total. The van der Waals surface area contributed by atoms with Gasteiger partial charge < -0.3 is 10.5 Å². The summed E-state index contributed by atoms with van der Waals surface area (Å²) in [5.74, 6) is 3.25. The molecule has 2 N–H and O–H groups in total. The molecule has 2 atom stereocenters. The quantitative estimate of drug-likeness (QED) is 0.914. The van der Waals surface area contributed by atoms with Gasteiger partial charge in [0, 0.05) is 18.9 Å². The molecule has 5 heteroatoms. The van der Waals surface area contributed by atoms with E-state index in [1.54, 1.807) is 0 Å². The summed E-state index contributed by atoms with van der Waals surface area (Å²) in [4.78, 5) is 4.58. The van der Waals surface area contributed by atoms with Crippen LogP contribution in [0.1, 0.15) is 18.6 Å². The van der Waals surface area contributed by atoms with E-state index in [0.29, 0.717) is 12.5 Å². The third-order valence-corrected chi connectivity index (χ3v) is 3.75. The lowest BCUT2D eigenvalue weighted by Gasteiger charge is -2.25. The Morgan fingerprint density at radius 3 is 2.95 bits per heavy atom. The van der Waals surface area contributed by atoms with Crippen LogP contribution in [-0.4, -0.2) is 27.4 Å². The highest BCUT2D eigenvalue weighted by molar-refractivity contribution is 5.20. The summed E-state index contributed by atoms with van der Waals surface area (Å²) >= 11 is 0. The Morgan fingerprint density at radius 1 is 1.35 bits per heavy atom. The molecule has 1 aliphatic rings. The molecule has 1 aromatic heterocycles. The molecule has 0 spiro atoms. The van der Waals surface area contributed by atoms with E-state index in [1.165, 1.54) is 0 Å². The van der Waals surface area contributed by atoms with Gasteiger partial charge in [0.1, 0.15) is 11.6 Å². The van der Waals surface area contributed by atoms with Crippen molar-refractivity contribution in [3.63, 3.8) is 0 Å². The van der Waals surface area contributed by atoms with Crippen molar-refractivity contribution >= 4 is 0 Å². The molecule has 2 heterocycles. The van der Waals surface area contributed by atoms with Gasteiger partial charge in [0.05, 0.1) is 13.2 Å². The maximum Gasteiger partial charge on any atom is 0.154 e. The minimum absolute atomic E-state index is 0.178. The zero-order chi connectivity index (χ0) is 13.9. The summed E-state index contributed by atoms with van der Waals surface area (Å²) in [7, 11) is 0. The fourth-order valence-electron chi connectivity index (χ4n) is 2.43. The van der Waals surface area contributed by atoms with Crippen LogP contribution in [0.5, 0.6) is 5.75 Å². The van der Waals surface area contributed by atoms with Gasteiger partial charge in [0.15, 0.2) is 5.82 Å². The molecular formula is C15H20N4O. The van der Waals surface area contributed by atoms with Crippen LogP contribution in [0.4, 0.5) is 0 Å². The first-order valence-corrected chi connectivity index (χ1v) is 7.08. The normalized spacial score (nSPS) is 21.5. The Labute approximate surface area is 118 Å². The molecule has 2 aromatic rings. The summed E-state index contributed by atoms with van der Waals surface area (Å²) in [5, 5.41) is 4.51. The number of fused-ring (bicyclic) bond motifs is 1. The number of hydrogen-bond acceptors (Lipinski definition) is 4. The second-order valence-electron chi connectivity index (χ2n) is 5.38. The fourth-order valence-corrected chi connectivity index (χ4v) is 2.43. The summed E-state index contributed by atoms with van der Waals surface area (Å²) < 4.78 is 7.62. The average molecular weight is 272 g/mol. The number of hydrogen-bond donors (Lipinski definition) is 1. The molecule has 0 amide bonds. The third kappa shape index (κ3) is 2.82. The van der Waals surface area contributed by atoms with Crippen molar-refractivity contribution in [3.05, 3.63) is 42.0 Å². The molecule has 20 heavy (non-hydrogen) atoms. The lowest BCUT2D eigenvalue weighted by Crippen LogP contribution is -2.39. The van der Waals surface area contributed by atoms with Gasteiger partial charge in [0.2, 0.25) is 0 Å². The van der Waals surface area contributed by atoms with Crippen LogP contribution in [-0.2, 0) is 19.4 Å². The molecular weight excluding hydrogens is 252 g/mol. The van der Waals surface area contributed by atoms with E-state index in [0.717, 1.165) is 36.8 Å². The molecule has 0 saturated heterocycles. The first kappa shape index (κ1) is 13.1. The van der Waals surface area contributed by atoms with Crippen molar-refractivity contribution in [1.82, 2.24) is 14.8 Å². The Kier molecular flexibility index (Phi) is 3.69. The Morgan fingerprint density at radius 2 is 2.15 bits per heavy atom. The van der Waals surface area contributed by atoms with Gasteiger partial charge in [-0.2, -0.15) is 5.10 Å². The molecule has 0 bridgehead atoms. The first-order valence-electron chi connectivity index (χ1n) is 7.08. The summed E-state index contributed by atoms with van der Waals surface area (Å²) in [5.41, 5.74) is 6.07. The minimum atomic E-state index is 0.178. The van der Waals surface area contributed by atoms with Crippen molar-refractivity contribution in [2.75, 3.05) is 6.61 Å². The largest absolute Gasteiger partial charge is 0.493 e. The predicted molar refractivity (Wildman–Crippen MR) is 76.5 cm³/mol. The van der Waals surface area contributed by atoms with E-state index in [-0.39, 0.29) is 6.04 Å². The Bertz CT molecular complexity index is 539. The molecule has 0 radical (unpaired) electrons. The highest BCUT2D eigenvalue weighted by Crippen LogP contribution is 2.17. The van der Waals surface area contributed by atoms with Crippen molar-refractivity contribution in [1.29, 1.82) is 0 Å². The van der Waals surface area contributed by atoms with Crippen LogP contribution in [0.25, 0.3) is 0 Å². The van der Waals surface area contributed by atoms with E-state index in [9.17, 15) is 0 Å². The number of ether oxygens (including phenoxy) is 1. The van der Waals surface area contributed by atoms with Crippen LogP contribution < -0.4 is 10.5 Å². The smallest absolute Gasteiger partial charge is 0.154 e. The zero-order valence-electron chi connectivity index (χ0n) is 11.7. The number of rotatable bonds is 4. The highest BCUT2D eigenvalue weighted by atomic mass is 16.5. The van der Waals surface area contributed by atoms with Crippen LogP contribution in [0.15, 0.2) is 30.3 Å². The van der Waals surface area contributed by atoms with Gasteiger partial charge in [-0.3, -0.25) is 0 Å². The molecule has 0 saturated carbocycles. The fraction of sp³-hybridized carbons (Fsp3) is 0.467. The molecule has 2 unspecified atom stereocenters. The van der Waals surface area contributed by atoms with Crippen LogP contribution >= 0.6 is 0 Å². The highest BCUT2D eigenvalue weighted by Gasteiger charge is 2.24. The maximum absolute atomic E-state index is 6.07. The van der Waals surface area contributed by atoms with Gasteiger partial charge in [-0.15, -0.1) is 0 Å². The van der Waals surface area contributed by atoms with E-state index in [1.807, 2.05) is 35.0 Å². The first-order chi connectivity index (χ1) is 9.72. The number of benzene rings is 1. The van der Waals surface area contributed by atoms with Gasteiger partial charge >= 0.3 is 0 Å². The van der Waals surface area contributed by atoms with E-state index in [2.05, 4.69) is 17.0 Å². The molecule has 0 aliphatic carbocycles. The van der Waals surface area contributed by atoms with Crippen molar-refractivity contribution in [2.24, 2.45) is 11.7 Å². The summed E-state index contributed by atoms with van der Waals surface area (Å²) in [6, 6.07) is 9.98. The SMILES string of the molecule is CC1Cc2nc(CCOc3ccccc3)nn2CC1N. The monoisotopic (exact) mass is 272 g/mol. The number of nitrogens with zero attached hydrogens (tertiary/aromatic N) is 3. The number of para-hydroxylation sites is 1. The van der Waals surface area contributed by atoms with Crippen molar-refractivity contribution in [2.45, 2.75) is 32.4 Å². The van der Waals surface area contributed by atoms with Gasteiger partial charge in [-0.25, -0.2) is 9.67 Å². The van der Waals surface area contributed by atoms with Crippen LogP contribution in [0.2, 0.25) is 0 Å². The summed E-state index contributed by atoms with van der Waals surface area (Å²) in [6.07, 6.45) is 1.63. The lowest BCUT2D eigenvalue weighted by molar-refractivity contribution is 0.316. The molecule has 1 aromatic carbocycles. The Hall–Kier alpha value is -1.88. The van der Waals surface area contributed by atoms with Gasteiger partial charge in [-0.1, -0.05) is 25.1 Å². The standard InChI is InChI=1S/C15H20N4O/c1-11-9-15-17-14(18-19(15)10-13(11)16)7-8-20-12-5-3-2-4-6-12/h2-6,11,13H,7-10,16H2,1H3. The summed E-state index contributed by atoms with van der Waals surface area (Å²) in [6.45, 7) is 3.53. The Balaban J connectivity index is 1.58.